The Bertz CT molecular complexity index is 922. The number of methoxy groups -OCH3 is 1. The van der Waals surface area contributed by atoms with Gasteiger partial charge in [-0.2, -0.15) is 0 Å². The van der Waals surface area contributed by atoms with Crippen LogP contribution in [0.5, 0.6) is 5.75 Å². The Morgan fingerprint density at radius 2 is 2.11 bits per heavy atom. The molecule has 0 spiro atoms. The van der Waals surface area contributed by atoms with Gasteiger partial charge in [0.1, 0.15) is 10.8 Å². The van der Waals surface area contributed by atoms with Gasteiger partial charge in [-0.15, -0.1) is 11.3 Å². The number of imidazole rings is 1. The van der Waals surface area contributed by atoms with Gasteiger partial charge in [0, 0.05) is 11.9 Å². The molecule has 7 nitrogen and oxygen atoms in total. The molecule has 2 aromatic heterocycles. The standard InChI is InChI=1S/C19H21N3O4S2/c1-3-26-18(24)16-11-27-17(21-16)12-28-19-20-8-14(10-23)22(19)9-13-4-6-15(25-2)7-5-13/h4-8,11,23H,3,9-10,12H2,1-2H3. The number of aliphatic hydroxyl groups excluding tert-OH is 1. The van der Waals surface area contributed by atoms with Crippen LogP contribution in [-0.2, 0) is 23.6 Å². The number of aromatic nitrogens is 3. The molecule has 0 atom stereocenters. The summed E-state index contributed by atoms with van der Waals surface area (Å²) in [7, 11) is 1.63. The number of carbonyl (C=O) groups excluding carboxylic acids is 1. The van der Waals surface area contributed by atoms with Gasteiger partial charge >= 0.3 is 5.97 Å². The van der Waals surface area contributed by atoms with Gasteiger partial charge in [-0.05, 0) is 24.6 Å². The van der Waals surface area contributed by atoms with Gasteiger partial charge in [0.2, 0.25) is 0 Å². The lowest BCUT2D eigenvalue weighted by molar-refractivity contribution is 0.0520. The molecule has 0 saturated heterocycles. The average molecular weight is 420 g/mol. The van der Waals surface area contributed by atoms with Crippen LogP contribution < -0.4 is 4.74 Å². The molecular formula is C19H21N3O4S2. The fourth-order valence-electron chi connectivity index (χ4n) is 2.52. The number of thiazole rings is 1. The Labute approximate surface area is 171 Å². The first-order valence-corrected chi connectivity index (χ1v) is 10.5. The molecule has 2 heterocycles. The van der Waals surface area contributed by atoms with Crippen molar-refractivity contribution in [2.45, 2.75) is 31.0 Å². The molecule has 0 saturated carbocycles. The van der Waals surface area contributed by atoms with Crippen LogP contribution in [0.1, 0.15) is 33.7 Å². The second kappa shape index (κ2) is 9.72. The van der Waals surface area contributed by atoms with Crippen LogP contribution in [0.15, 0.2) is 41.0 Å². The Hall–Kier alpha value is -2.36. The molecule has 3 aromatic rings. The molecule has 0 amide bonds. The highest BCUT2D eigenvalue weighted by Gasteiger charge is 2.14. The minimum absolute atomic E-state index is 0.0893. The molecule has 9 heteroatoms. The molecule has 0 aliphatic heterocycles. The van der Waals surface area contributed by atoms with Gasteiger partial charge in [-0.1, -0.05) is 23.9 Å². The van der Waals surface area contributed by atoms with Crippen LogP contribution in [0, 0.1) is 0 Å². The van der Waals surface area contributed by atoms with Crippen LogP contribution in [0.4, 0.5) is 0 Å². The minimum atomic E-state index is -0.404. The predicted octanol–water partition coefficient (Wildman–Crippen LogP) is 3.36. The van der Waals surface area contributed by atoms with Crippen LogP contribution in [-0.4, -0.2) is 39.3 Å². The smallest absolute Gasteiger partial charge is 0.357 e. The molecule has 0 bridgehead atoms. The first-order chi connectivity index (χ1) is 13.6. The van der Waals surface area contributed by atoms with E-state index in [1.165, 1.54) is 23.1 Å². The van der Waals surface area contributed by atoms with Gasteiger partial charge in [0.05, 0.1) is 38.0 Å². The highest BCUT2D eigenvalue weighted by molar-refractivity contribution is 7.98. The van der Waals surface area contributed by atoms with Crippen molar-refractivity contribution in [2.75, 3.05) is 13.7 Å². The quantitative estimate of drug-likeness (QED) is 0.420. The molecule has 3 rings (SSSR count). The van der Waals surface area contributed by atoms with E-state index in [1.807, 2.05) is 28.8 Å². The van der Waals surface area contributed by atoms with E-state index in [0.717, 1.165) is 27.2 Å². The van der Waals surface area contributed by atoms with E-state index in [0.29, 0.717) is 24.6 Å². The summed E-state index contributed by atoms with van der Waals surface area (Å²) in [6.07, 6.45) is 1.68. The van der Waals surface area contributed by atoms with Crippen LogP contribution in [0.25, 0.3) is 0 Å². The third-order valence-corrected chi connectivity index (χ3v) is 5.96. The summed E-state index contributed by atoms with van der Waals surface area (Å²) in [6, 6.07) is 7.79. The summed E-state index contributed by atoms with van der Waals surface area (Å²) in [6.45, 7) is 2.59. The zero-order valence-electron chi connectivity index (χ0n) is 15.6. The number of hydrogen-bond acceptors (Lipinski definition) is 8. The number of carbonyl (C=O) groups is 1. The van der Waals surface area contributed by atoms with Crippen LogP contribution in [0.2, 0.25) is 0 Å². The first kappa shape index (κ1) is 20.4. The molecule has 1 aromatic carbocycles. The normalized spacial score (nSPS) is 10.8. The Kier molecular flexibility index (Phi) is 7.07. The van der Waals surface area contributed by atoms with Crippen LogP contribution >= 0.6 is 23.1 Å². The highest BCUT2D eigenvalue weighted by atomic mass is 32.2. The third-order valence-electron chi connectivity index (χ3n) is 3.92. The molecule has 0 unspecified atom stereocenters. The fraction of sp³-hybridized carbons (Fsp3) is 0.316. The second-order valence-corrected chi connectivity index (χ2v) is 7.65. The first-order valence-electron chi connectivity index (χ1n) is 8.67. The van der Waals surface area contributed by atoms with E-state index >= 15 is 0 Å². The lowest BCUT2D eigenvalue weighted by atomic mass is 10.2. The Balaban J connectivity index is 1.70. The van der Waals surface area contributed by atoms with E-state index in [9.17, 15) is 9.90 Å². The molecule has 1 N–H and O–H groups in total. The van der Waals surface area contributed by atoms with E-state index < -0.39 is 5.97 Å². The molecular weight excluding hydrogens is 398 g/mol. The van der Waals surface area contributed by atoms with Crippen molar-refractivity contribution in [3.8, 4) is 5.75 Å². The predicted molar refractivity (Wildman–Crippen MR) is 108 cm³/mol. The summed E-state index contributed by atoms with van der Waals surface area (Å²) >= 11 is 2.93. The second-order valence-electron chi connectivity index (χ2n) is 5.76. The highest BCUT2D eigenvalue weighted by Crippen LogP contribution is 2.26. The molecule has 0 radical (unpaired) electrons. The summed E-state index contributed by atoms with van der Waals surface area (Å²) in [5.41, 5.74) is 2.15. The van der Waals surface area contributed by atoms with Crippen molar-refractivity contribution >= 4 is 29.1 Å². The third kappa shape index (κ3) is 4.92. The van der Waals surface area contributed by atoms with Crippen molar-refractivity contribution < 1.29 is 19.4 Å². The van der Waals surface area contributed by atoms with E-state index in [4.69, 9.17) is 9.47 Å². The SMILES string of the molecule is CCOC(=O)c1csc(CSc2ncc(CO)n2Cc2ccc(OC)cc2)n1. The molecule has 0 aliphatic carbocycles. The van der Waals surface area contributed by atoms with Gasteiger partial charge < -0.3 is 19.1 Å². The largest absolute Gasteiger partial charge is 0.497 e. The van der Waals surface area contributed by atoms with Gasteiger partial charge in [0.15, 0.2) is 10.9 Å². The number of hydrogen-bond donors (Lipinski definition) is 1. The van der Waals surface area contributed by atoms with E-state index in [2.05, 4.69) is 9.97 Å². The molecule has 0 fully saturated rings. The van der Waals surface area contributed by atoms with Crippen molar-refractivity contribution in [2.24, 2.45) is 0 Å². The van der Waals surface area contributed by atoms with Gasteiger partial charge in [-0.25, -0.2) is 14.8 Å². The molecule has 0 aliphatic rings. The average Bonchev–Trinajstić information content (AvgIpc) is 3.34. The monoisotopic (exact) mass is 419 g/mol. The van der Waals surface area contributed by atoms with E-state index in [1.54, 1.807) is 25.6 Å². The topological polar surface area (TPSA) is 86.5 Å². The fourth-order valence-corrected chi connectivity index (χ4v) is 4.30. The van der Waals surface area contributed by atoms with Crippen molar-refractivity contribution in [1.82, 2.24) is 14.5 Å². The van der Waals surface area contributed by atoms with Gasteiger partial charge in [0.25, 0.3) is 0 Å². The maximum absolute atomic E-state index is 11.7. The van der Waals surface area contributed by atoms with E-state index in [-0.39, 0.29) is 6.61 Å². The molecule has 148 valence electrons. The summed E-state index contributed by atoms with van der Waals surface area (Å²) in [5, 5.41) is 12.9. The number of benzene rings is 1. The number of thioether (sulfide) groups is 1. The number of aliphatic hydroxyl groups is 1. The maximum atomic E-state index is 11.7. The lowest BCUT2D eigenvalue weighted by Gasteiger charge is -2.11. The summed E-state index contributed by atoms with van der Waals surface area (Å²) in [4.78, 5) is 20.5. The van der Waals surface area contributed by atoms with Crippen molar-refractivity contribution in [3.63, 3.8) is 0 Å². The van der Waals surface area contributed by atoms with Crippen LogP contribution in [0.3, 0.4) is 0 Å². The lowest BCUT2D eigenvalue weighted by Crippen LogP contribution is -2.06. The number of esters is 1. The molecule has 28 heavy (non-hydrogen) atoms. The number of ether oxygens (including phenoxy) is 2. The maximum Gasteiger partial charge on any atom is 0.357 e. The van der Waals surface area contributed by atoms with Gasteiger partial charge in [-0.3, -0.25) is 0 Å². The Morgan fingerprint density at radius 1 is 1.32 bits per heavy atom. The zero-order valence-corrected chi connectivity index (χ0v) is 17.3. The zero-order chi connectivity index (χ0) is 19.9. The Morgan fingerprint density at radius 3 is 2.79 bits per heavy atom. The summed E-state index contributed by atoms with van der Waals surface area (Å²) < 4.78 is 12.1. The van der Waals surface area contributed by atoms with Crippen molar-refractivity contribution in [1.29, 1.82) is 0 Å². The minimum Gasteiger partial charge on any atom is -0.497 e. The number of rotatable bonds is 9. The summed E-state index contributed by atoms with van der Waals surface area (Å²) in [5.74, 6) is 0.972. The van der Waals surface area contributed by atoms with Crippen molar-refractivity contribution in [3.05, 3.63) is 57.8 Å². The number of nitrogens with zero attached hydrogens (tertiary/aromatic N) is 3.